The van der Waals surface area contributed by atoms with Crippen molar-refractivity contribution in [3.63, 3.8) is 0 Å². The van der Waals surface area contributed by atoms with Crippen molar-refractivity contribution in [2.75, 3.05) is 6.61 Å². The van der Waals surface area contributed by atoms with Crippen LogP contribution in [0.25, 0.3) is 0 Å². The van der Waals surface area contributed by atoms with E-state index in [2.05, 4.69) is 5.32 Å². The summed E-state index contributed by atoms with van der Waals surface area (Å²) in [5.41, 5.74) is -1.15. The van der Waals surface area contributed by atoms with Crippen LogP contribution in [0.1, 0.15) is 50.7 Å². The van der Waals surface area contributed by atoms with Gasteiger partial charge in [-0.3, -0.25) is 10.1 Å². The summed E-state index contributed by atoms with van der Waals surface area (Å²) in [6.07, 6.45) is 1.000. The summed E-state index contributed by atoms with van der Waals surface area (Å²) in [7, 11) is 0. The van der Waals surface area contributed by atoms with E-state index in [9.17, 15) is 19.7 Å². The molecule has 0 radical (unpaired) electrons. The first-order valence-electron chi connectivity index (χ1n) is 9.53. The number of nitrogens with zero attached hydrogens (tertiary/aromatic N) is 2. The number of carbonyl (C=O) groups is 2. The molecule has 0 saturated carbocycles. The van der Waals surface area contributed by atoms with Gasteiger partial charge in [0.2, 0.25) is 0 Å². The molecule has 0 aliphatic heterocycles. The Morgan fingerprint density at radius 1 is 1.17 bits per heavy atom. The summed E-state index contributed by atoms with van der Waals surface area (Å²) in [4.78, 5) is 35.6. The average Bonchev–Trinajstić information content (AvgIpc) is 3.08. The molecule has 1 unspecified atom stereocenters. The Bertz CT molecular complexity index is 931. The van der Waals surface area contributed by atoms with Crippen LogP contribution < -0.4 is 5.32 Å². The molecule has 9 nitrogen and oxygen atoms in total. The summed E-state index contributed by atoms with van der Waals surface area (Å²) in [5.74, 6) is -0.499. The minimum absolute atomic E-state index is 0.108. The number of benzene rings is 1. The van der Waals surface area contributed by atoms with Crippen LogP contribution >= 0.6 is 0 Å². The Labute approximate surface area is 175 Å². The third kappa shape index (κ3) is 5.82. The van der Waals surface area contributed by atoms with Gasteiger partial charge in [0.25, 0.3) is 5.69 Å². The van der Waals surface area contributed by atoms with E-state index in [4.69, 9.17) is 9.47 Å². The quantitative estimate of drug-likeness (QED) is 0.414. The second kappa shape index (κ2) is 8.98. The van der Waals surface area contributed by atoms with Gasteiger partial charge in [0.15, 0.2) is 0 Å². The average molecular weight is 417 g/mol. The van der Waals surface area contributed by atoms with Crippen molar-refractivity contribution in [3.8, 4) is 0 Å². The lowest BCUT2D eigenvalue weighted by Gasteiger charge is -2.33. The molecule has 1 N–H and O–H groups in total. The fraction of sp³-hybridized carbons (Fsp3) is 0.429. The van der Waals surface area contributed by atoms with Crippen molar-refractivity contribution in [1.82, 2.24) is 9.88 Å². The zero-order chi connectivity index (χ0) is 22.5. The normalized spacial score (nSPS) is 13.2. The van der Waals surface area contributed by atoms with Gasteiger partial charge in [-0.05, 0) is 52.3 Å². The lowest BCUT2D eigenvalue weighted by atomic mass is 9.91. The van der Waals surface area contributed by atoms with Gasteiger partial charge < -0.3 is 19.4 Å². The largest absolute Gasteiger partial charge is 0.461 e. The standard InChI is InChI=1S/C21H27N3O6/c1-6-29-18(25)17-11-8-12-23(17)14-21(5,22-19(26)30-20(2,3)4)15-9-7-10-16(13-15)24(27)28/h7-13H,6,14H2,1-5H3,(H,22,26). The van der Waals surface area contributed by atoms with Gasteiger partial charge in [0.1, 0.15) is 11.3 Å². The number of hydrogen-bond acceptors (Lipinski definition) is 6. The van der Waals surface area contributed by atoms with Crippen LogP contribution in [-0.2, 0) is 21.6 Å². The molecule has 1 atom stereocenters. The van der Waals surface area contributed by atoms with Gasteiger partial charge in [-0.2, -0.15) is 0 Å². The van der Waals surface area contributed by atoms with Crippen molar-refractivity contribution in [3.05, 3.63) is 64.0 Å². The highest BCUT2D eigenvalue weighted by atomic mass is 16.6. The summed E-state index contributed by atoms with van der Waals surface area (Å²) < 4.78 is 12.1. The molecule has 162 valence electrons. The number of alkyl carbamates (subject to hydrolysis) is 1. The molecule has 0 spiro atoms. The molecule has 0 aliphatic carbocycles. The Hall–Kier alpha value is -3.36. The van der Waals surface area contributed by atoms with Crippen LogP contribution in [0.2, 0.25) is 0 Å². The summed E-state index contributed by atoms with van der Waals surface area (Å²) in [5, 5.41) is 14.1. The number of amides is 1. The topological polar surface area (TPSA) is 113 Å². The second-order valence-corrected chi connectivity index (χ2v) is 8.01. The molecular weight excluding hydrogens is 390 g/mol. The van der Waals surface area contributed by atoms with E-state index in [0.717, 1.165) is 0 Å². The summed E-state index contributed by atoms with van der Waals surface area (Å²) >= 11 is 0. The first kappa shape index (κ1) is 22.9. The number of hydrogen-bond donors (Lipinski definition) is 1. The van der Waals surface area contributed by atoms with Crippen LogP contribution in [0.3, 0.4) is 0 Å². The molecule has 9 heteroatoms. The van der Waals surface area contributed by atoms with E-state index in [1.165, 1.54) is 12.1 Å². The smallest absolute Gasteiger partial charge is 0.408 e. The SMILES string of the molecule is CCOC(=O)c1cccn1CC(C)(NC(=O)OC(C)(C)C)c1cccc([N+](=O)[O-])c1. The molecule has 2 rings (SSSR count). The van der Waals surface area contributed by atoms with E-state index in [0.29, 0.717) is 11.3 Å². The zero-order valence-corrected chi connectivity index (χ0v) is 17.8. The molecule has 0 saturated heterocycles. The maximum absolute atomic E-state index is 12.5. The highest BCUT2D eigenvalue weighted by Gasteiger charge is 2.33. The number of nitro benzene ring substituents is 1. The van der Waals surface area contributed by atoms with Crippen molar-refractivity contribution in [1.29, 1.82) is 0 Å². The van der Waals surface area contributed by atoms with Crippen molar-refractivity contribution in [2.24, 2.45) is 0 Å². The van der Waals surface area contributed by atoms with Gasteiger partial charge in [-0.15, -0.1) is 0 Å². The first-order valence-corrected chi connectivity index (χ1v) is 9.53. The minimum atomic E-state index is -1.12. The molecule has 30 heavy (non-hydrogen) atoms. The highest BCUT2D eigenvalue weighted by Crippen LogP contribution is 2.28. The second-order valence-electron chi connectivity index (χ2n) is 8.01. The summed E-state index contributed by atoms with van der Waals surface area (Å²) in [6, 6.07) is 9.29. The molecule has 0 bridgehead atoms. The fourth-order valence-electron chi connectivity index (χ4n) is 2.98. The summed E-state index contributed by atoms with van der Waals surface area (Å²) in [6.45, 7) is 8.98. The Kier molecular flexibility index (Phi) is 6.86. The van der Waals surface area contributed by atoms with Crippen molar-refractivity contribution in [2.45, 2.75) is 52.3 Å². The minimum Gasteiger partial charge on any atom is -0.461 e. The molecule has 0 aliphatic rings. The Balaban J connectivity index is 2.45. The number of nitro groups is 1. The van der Waals surface area contributed by atoms with E-state index in [1.807, 2.05) is 0 Å². The Morgan fingerprint density at radius 3 is 2.47 bits per heavy atom. The molecule has 0 fully saturated rings. The molecule has 1 aromatic carbocycles. The van der Waals surface area contributed by atoms with Crippen molar-refractivity contribution >= 4 is 17.7 Å². The molecule has 1 heterocycles. The lowest BCUT2D eigenvalue weighted by molar-refractivity contribution is -0.385. The van der Waals surface area contributed by atoms with E-state index in [1.54, 1.807) is 69.6 Å². The van der Waals surface area contributed by atoms with Crippen LogP contribution in [0.4, 0.5) is 10.5 Å². The molecular formula is C21H27N3O6. The predicted molar refractivity (Wildman–Crippen MR) is 110 cm³/mol. The monoisotopic (exact) mass is 417 g/mol. The predicted octanol–water partition coefficient (Wildman–Crippen LogP) is 4.01. The maximum Gasteiger partial charge on any atom is 0.408 e. The third-order valence-electron chi connectivity index (χ3n) is 4.27. The van der Waals surface area contributed by atoms with Gasteiger partial charge in [0.05, 0.1) is 23.6 Å². The number of carbonyl (C=O) groups excluding carboxylic acids is 2. The highest BCUT2D eigenvalue weighted by molar-refractivity contribution is 5.87. The van der Waals surface area contributed by atoms with Gasteiger partial charge >= 0.3 is 12.1 Å². The van der Waals surface area contributed by atoms with E-state index >= 15 is 0 Å². The first-order chi connectivity index (χ1) is 13.9. The zero-order valence-electron chi connectivity index (χ0n) is 17.8. The lowest BCUT2D eigenvalue weighted by Crippen LogP contribution is -2.48. The fourth-order valence-corrected chi connectivity index (χ4v) is 2.98. The number of ether oxygens (including phenoxy) is 2. The van der Waals surface area contributed by atoms with Gasteiger partial charge in [0, 0.05) is 18.3 Å². The number of esters is 1. The van der Waals surface area contributed by atoms with Crippen LogP contribution in [0.5, 0.6) is 0 Å². The number of rotatable bonds is 7. The van der Waals surface area contributed by atoms with Gasteiger partial charge in [-0.25, -0.2) is 9.59 Å². The number of nitrogens with one attached hydrogen (secondary N) is 1. The molecule has 1 amide bonds. The van der Waals surface area contributed by atoms with Crippen molar-refractivity contribution < 1.29 is 24.0 Å². The van der Waals surface area contributed by atoms with Crippen LogP contribution in [-0.4, -0.2) is 33.8 Å². The number of non-ortho nitro benzene ring substituents is 1. The third-order valence-corrected chi connectivity index (χ3v) is 4.27. The van der Waals surface area contributed by atoms with E-state index < -0.39 is 28.1 Å². The number of aromatic nitrogens is 1. The van der Waals surface area contributed by atoms with Gasteiger partial charge in [-0.1, -0.05) is 12.1 Å². The molecule has 1 aromatic heterocycles. The molecule has 2 aromatic rings. The van der Waals surface area contributed by atoms with E-state index in [-0.39, 0.29) is 18.8 Å². The van der Waals surface area contributed by atoms with Crippen LogP contribution in [0.15, 0.2) is 42.6 Å². The van der Waals surface area contributed by atoms with Crippen LogP contribution in [0, 0.1) is 10.1 Å². The Morgan fingerprint density at radius 2 is 1.87 bits per heavy atom. The maximum atomic E-state index is 12.5.